The molecule has 3 rings (SSSR count). The minimum atomic E-state index is -0.560. The lowest BCUT2D eigenvalue weighted by atomic mass is 9.70. The molecule has 0 heterocycles. The number of carbonyl (C=O) groups is 2. The number of ketones is 2. The summed E-state index contributed by atoms with van der Waals surface area (Å²) in [5.41, 5.74) is 3.49. The van der Waals surface area contributed by atoms with E-state index in [1.54, 1.807) is 0 Å². The van der Waals surface area contributed by atoms with Crippen molar-refractivity contribution in [2.24, 2.45) is 5.92 Å². The first-order chi connectivity index (χ1) is 10.2. The summed E-state index contributed by atoms with van der Waals surface area (Å²) in [5.74, 6) is -1.23. The van der Waals surface area contributed by atoms with Gasteiger partial charge in [0.15, 0.2) is 0 Å². The van der Waals surface area contributed by atoms with Gasteiger partial charge in [0.2, 0.25) is 11.6 Å². The van der Waals surface area contributed by atoms with Gasteiger partial charge in [0.05, 0.1) is 0 Å². The Morgan fingerprint density at radius 1 is 1.09 bits per heavy atom. The molecule has 0 saturated heterocycles. The highest BCUT2D eigenvalue weighted by Crippen LogP contribution is 2.41. The Morgan fingerprint density at radius 3 is 2.41 bits per heavy atom. The number of allylic oxidation sites excluding steroid dienone is 1. The Balaban J connectivity index is 2.30. The number of fused-ring (bicyclic) bond motifs is 2. The fraction of sp³-hybridized carbons (Fsp3) is 0.474. The fourth-order valence-electron chi connectivity index (χ4n) is 3.75. The van der Waals surface area contributed by atoms with Crippen molar-refractivity contribution in [3.8, 4) is 0 Å². The van der Waals surface area contributed by atoms with Crippen LogP contribution >= 0.6 is 0 Å². The number of aliphatic hydroxyl groups is 1. The van der Waals surface area contributed by atoms with Crippen LogP contribution in [0, 0.1) is 5.92 Å². The monoisotopic (exact) mass is 298 g/mol. The highest BCUT2D eigenvalue weighted by Gasteiger charge is 2.37. The van der Waals surface area contributed by atoms with Gasteiger partial charge in [-0.05, 0) is 53.9 Å². The van der Waals surface area contributed by atoms with Crippen molar-refractivity contribution in [2.45, 2.75) is 52.4 Å². The van der Waals surface area contributed by atoms with Crippen molar-refractivity contribution in [1.29, 1.82) is 0 Å². The van der Waals surface area contributed by atoms with E-state index in [-0.39, 0.29) is 22.7 Å². The van der Waals surface area contributed by atoms with Gasteiger partial charge in [0.25, 0.3) is 0 Å². The third-order valence-electron chi connectivity index (χ3n) is 5.00. The summed E-state index contributed by atoms with van der Waals surface area (Å²) in [7, 11) is 0. The van der Waals surface area contributed by atoms with Gasteiger partial charge in [-0.3, -0.25) is 9.59 Å². The first-order valence-corrected chi connectivity index (χ1v) is 7.94. The quantitative estimate of drug-likeness (QED) is 0.798. The molecule has 0 aromatic heterocycles. The number of Topliss-reactive ketones (excluding diaryl/α,β-unsaturated/α-hetero) is 2. The van der Waals surface area contributed by atoms with Crippen molar-refractivity contribution in [3.05, 3.63) is 40.0 Å². The molecule has 1 N–H and O–H groups in total. The van der Waals surface area contributed by atoms with E-state index in [2.05, 4.69) is 13.8 Å². The van der Waals surface area contributed by atoms with Crippen molar-refractivity contribution >= 4 is 17.3 Å². The van der Waals surface area contributed by atoms with Gasteiger partial charge in [0.1, 0.15) is 5.76 Å². The first-order valence-electron chi connectivity index (χ1n) is 7.94. The van der Waals surface area contributed by atoms with E-state index < -0.39 is 11.6 Å². The molecule has 0 aliphatic heterocycles. The zero-order valence-corrected chi connectivity index (χ0v) is 13.6. The highest BCUT2D eigenvalue weighted by atomic mass is 16.3. The molecule has 0 saturated carbocycles. The van der Waals surface area contributed by atoms with E-state index in [4.69, 9.17) is 0 Å². The van der Waals surface area contributed by atoms with Gasteiger partial charge < -0.3 is 5.11 Å². The summed E-state index contributed by atoms with van der Waals surface area (Å²) in [6.45, 7) is 8.03. The molecule has 1 aromatic carbocycles. The van der Waals surface area contributed by atoms with Crippen LogP contribution in [0.5, 0.6) is 0 Å². The Kier molecular flexibility index (Phi) is 3.28. The van der Waals surface area contributed by atoms with Crippen LogP contribution in [-0.2, 0) is 16.6 Å². The molecule has 22 heavy (non-hydrogen) atoms. The number of hydrogen-bond acceptors (Lipinski definition) is 3. The molecule has 0 atom stereocenters. The predicted molar refractivity (Wildman–Crippen MR) is 86.1 cm³/mol. The third-order valence-corrected chi connectivity index (χ3v) is 5.00. The summed E-state index contributed by atoms with van der Waals surface area (Å²) < 4.78 is 0. The number of hydrogen-bond donors (Lipinski definition) is 1. The average molecular weight is 298 g/mol. The number of aliphatic hydroxyl groups excluding tert-OH is 1. The van der Waals surface area contributed by atoms with Gasteiger partial charge in [-0.2, -0.15) is 0 Å². The second-order valence-electron chi connectivity index (χ2n) is 7.37. The normalized spacial score (nSPS) is 20.2. The minimum Gasteiger partial charge on any atom is -0.507 e. The highest BCUT2D eigenvalue weighted by molar-refractivity contribution is 6.52. The lowest BCUT2D eigenvalue weighted by Gasteiger charge is -2.34. The van der Waals surface area contributed by atoms with Crippen LogP contribution in [0.1, 0.15) is 67.6 Å². The van der Waals surface area contributed by atoms with Crippen LogP contribution in [0.2, 0.25) is 0 Å². The number of aryl methyl sites for hydroxylation is 1. The molecular formula is C19H22O3. The van der Waals surface area contributed by atoms with Crippen molar-refractivity contribution < 1.29 is 14.7 Å². The molecule has 0 bridgehead atoms. The van der Waals surface area contributed by atoms with Gasteiger partial charge in [-0.15, -0.1) is 0 Å². The maximum Gasteiger partial charge on any atom is 0.234 e. The number of rotatable bonds is 1. The first kappa shape index (κ1) is 15.0. The lowest BCUT2D eigenvalue weighted by Crippen LogP contribution is -2.29. The maximum absolute atomic E-state index is 12.4. The molecule has 2 aliphatic carbocycles. The topological polar surface area (TPSA) is 54.4 Å². The van der Waals surface area contributed by atoms with Crippen LogP contribution in [0.4, 0.5) is 0 Å². The molecule has 0 fully saturated rings. The summed E-state index contributed by atoms with van der Waals surface area (Å²) >= 11 is 0. The SMILES string of the molecule is CC(C)C1=C(O)c2cc3c(cc2C(=O)C1=O)CCCC3(C)C. The van der Waals surface area contributed by atoms with Crippen LogP contribution < -0.4 is 0 Å². The van der Waals surface area contributed by atoms with Gasteiger partial charge in [0, 0.05) is 16.7 Å². The largest absolute Gasteiger partial charge is 0.507 e. The molecule has 0 spiro atoms. The zero-order valence-electron chi connectivity index (χ0n) is 13.6. The van der Waals surface area contributed by atoms with Gasteiger partial charge in [-0.1, -0.05) is 27.7 Å². The van der Waals surface area contributed by atoms with Crippen LogP contribution in [0.3, 0.4) is 0 Å². The Morgan fingerprint density at radius 2 is 1.77 bits per heavy atom. The van der Waals surface area contributed by atoms with Crippen LogP contribution in [0.15, 0.2) is 17.7 Å². The average Bonchev–Trinajstić information content (AvgIpc) is 2.43. The Hall–Kier alpha value is -1.90. The molecule has 116 valence electrons. The Bertz CT molecular complexity index is 720. The molecular weight excluding hydrogens is 276 g/mol. The smallest absolute Gasteiger partial charge is 0.234 e. The van der Waals surface area contributed by atoms with Crippen molar-refractivity contribution in [2.75, 3.05) is 0 Å². The molecule has 3 heteroatoms. The van der Waals surface area contributed by atoms with Crippen LogP contribution in [-0.4, -0.2) is 16.7 Å². The molecule has 1 aromatic rings. The van der Waals surface area contributed by atoms with E-state index in [1.165, 1.54) is 5.56 Å². The summed E-state index contributed by atoms with van der Waals surface area (Å²) in [6.07, 6.45) is 3.10. The molecule has 0 amide bonds. The molecule has 0 unspecified atom stereocenters. The van der Waals surface area contributed by atoms with E-state index in [1.807, 2.05) is 26.0 Å². The lowest BCUT2D eigenvalue weighted by molar-refractivity contribution is -0.112. The molecule has 2 aliphatic rings. The van der Waals surface area contributed by atoms with Gasteiger partial charge in [-0.25, -0.2) is 0 Å². The number of carbonyl (C=O) groups excluding carboxylic acids is 2. The van der Waals surface area contributed by atoms with Crippen LogP contribution in [0.25, 0.3) is 5.76 Å². The summed E-state index contributed by atoms with van der Waals surface area (Å²) in [6, 6.07) is 3.77. The Labute approximate surface area is 131 Å². The van der Waals surface area contributed by atoms with Gasteiger partial charge >= 0.3 is 0 Å². The second kappa shape index (κ2) is 4.80. The predicted octanol–water partition coefficient (Wildman–Crippen LogP) is 3.99. The van der Waals surface area contributed by atoms with Crippen molar-refractivity contribution in [1.82, 2.24) is 0 Å². The van der Waals surface area contributed by atoms with Crippen molar-refractivity contribution in [3.63, 3.8) is 0 Å². The molecule has 0 radical (unpaired) electrons. The standard InChI is InChI=1S/C19H22O3/c1-10(2)15-16(20)13-9-14-11(6-5-7-19(14,3)4)8-12(13)17(21)18(15)22/h8-10,20H,5-7H2,1-4H3. The number of benzene rings is 1. The summed E-state index contributed by atoms with van der Waals surface area (Å²) in [5, 5.41) is 10.6. The third kappa shape index (κ3) is 2.03. The van der Waals surface area contributed by atoms with E-state index in [9.17, 15) is 14.7 Å². The van der Waals surface area contributed by atoms with E-state index in [0.29, 0.717) is 11.1 Å². The fourth-order valence-corrected chi connectivity index (χ4v) is 3.75. The minimum absolute atomic E-state index is 0.0150. The zero-order chi connectivity index (χ0) is 16.2. The molecule has 3 nitrogen and oxygen atoms in total. The summed E-state index contributed by atoms with van der Waals surface area (Å²) in [4.78, 5) is 24.7. The van der Waals surface area contributed by atoms with E-state index in [0.717, 1.165) is 24.8 Å². The van der Waals surface area contributed by atoms with E-state index >= 15 is 0 Å². The second-order valence-corrected chi connectivity index (χ2v) is 7.37. The maximum atomic E-state index is 12.4.